The molecular weight excluding hydrogens is 320 g/mol. The van der Waals surface area contributed by atoms with Gasteiger partial charge in [-0.2, -0.15) is 5.10 Å². The molecule has 0 bridgehead atoms. The summed E-state index contributed by atoms with van der Waals surface area (Å²) in [7, 11) is 0. The summed E-state index contributed by atoms with van der Waals surface area (Å²) in [5.74, 6) is 4.33. The molecule has 3 aromatic rings. The molecule has 1 aliphatic heterocycles. The van der Waals surface area contributed by atoms with Crippen molar-refractivity contribution in [2.45, 2.75) is 32.1 Å². The Bertz CT molecular complexity index is 926. The lowest BCUT2D eigenvalue weighted by Crippen LogP contribution is -2.15. The molecule has 0 unspecified atom stereocenters. The van der Waals surface area contributed by atoms with E-state index in [0.717, 1.165) is 53.7 Å². The minimum atomic E-state index is 0.452. The van der Waals surface area contributed by atoms with E-state index in [1.54, 1.807) is 0 Å². The number of nitrogens with zero attached hydrogens (tertiary/aromatic N) is 4. The van der Waals surface area contributed by atoms with Crippen molar-refractivity contribution < 1.29 is 13.9 Å². The van der Waals surface area contributed by atoms with E-state index in [1.807, 2.05) is 29.8 Å². The van der Waals surface area contributed by atoms with Crippen molar-refractivity contribution in [3.05, 3.63) is 36.2 Å². The highest BCUT2D eigenvalue weighted by Gasteiger charge is 2.32. The largest absolute Gasteiger partial charge is 0.486 e. The summed E-state index contributed by atoms with van der Waals surface area (Å²) in [6, 6.07) is 5.80. The number of fused-ring (bicyclic) bond motifs is 1. The summed E-state index contributed by atoms with van der Waals surface area (Å²) in [6.07, 6.45) is 4.53. The van der Waals surface area contributed by atoms with E-state index in [1.165, 1.54) is 6.39 Å². The molecule has 7 nitrogen and oxygen atoms in total. The van der Waals surface area contributed by atoms with Gasteiger partial charge >= 0.3 is 0 Å². The Morgan fingerprint density at radius 2 is 2.00 bits per heavy atom. The molecule has 25 heavy (non-hydrogen) atoms. The quantitative estimate of drug-likeness (QED) is 0.727. The zero-order valence-electron chi connectivity index (χ0n) is 13.9. The first-order valence-corrected chi connectivity index (χ1v) is 8.63. The fraction of sp³-hybridized carbons (Fsp3) is 0.389. The Hall–Kier alpha value is -2.83. The summed E-state index contributed by atoms with van der Waals surface area (Å²) < 4.78 is 18.8. The predicted octanol–water partition coefficient (Wildman–Crippen LogP) is 3.13. The van der Waals surface area contributed by atoms with Crippen molar-refractivity contribution in [3.63, 3.8) is 0 Å². The SMILES string of the molecule is CCc1nc(-c2ncoc2C2CC2)n(-c2ccc3c(c2)OCCO3)n1. The normalized spacial score (nSPS) is 16.2. The van der Waals surface area contributed by atoms with Gasteiger partial charge in [0.1, 0.15) is 24.7 Å². The van der Waals surface area contributed by atoms with Gasteiger partial charge in [-0.15, -0.1) is 0 Å². The second-order valence-electron chi connectivity index (χ2n) is 6.28. The van der Waals surface area contributed by atoms with Gasteiger partial charge in [-0.1, -0.05) is 6.92 Å². The van der Waals surface area contributed by atoms with Gasteiger partial charge in [-0.3, -0.25) is 0 Å². The molecule has 7 heteroatoms. The van der Waals surface area contributed by atoms with E-state index in [0.29, 0.717) is 25.0 Å². The molecule has 2 aliphatic rings. The lowest BCUT2D eigenvalue weighted by atomic mass is 10.2. The Labute approximate surface area is 144 Å². The molecule has 0 spiro atoms. The number of oxazole rings is 1. The van der Waals surface area contributed by atoms with Gasteiger partial charge in [-0.25, -0.2) is 14.6 Å². The van der Waals surface area contributed by atoms with Crippen LogP contribution in [0.2, 0.25) is 0 Å². The Balaban J connectivity index is 1.63. The minimum Gasteiger partial charge on any atom is -0.486 e. The Morgan fingerprint density at radius 1 is 1.16 bits per heavy atom. The summed E-state index contributed by atoms with van der Waals surface area (Å²) in [6.45, 7) is 3.17. The molecular formula is C18H18N4O3. The van der Waals surface area contributed by atoms with E-state index in [2.05, 4.69) is 15.1 Å². The number of hydrogen-bond acceptors (Lipinski definition) is 6. The maximum atomic E-state index is 5.70. The maximum absolute atomic E-state index is 5.70. The van der Waals surface area contributed by atoms with Crippen LogP contribution in [0.5, 0.6) is 11.5 Å². The smallest absolute Gasteiger partial charge is 0.185 e. The highest BCUT2D eigenvalue weighted by Crippen LogP contribution is 2.44. The molecule has 3 heterocycles. The Morgan fingerprint density at radius 3 is 2.80 bits per heavy atom. The number of aromatic nitrogens is 4. The molecule has 5 rings (SSSR count). The van der Waals surface area contributed by atoms with Gasteiger partial charge in [0.25, 0.3) is 0 Å². The van der Waals surface area contributed by atoms with Crippen LogP contribution >= 0.6 is 0 Å². The van der Waals surface area contributed by atoms with Gasteiger partial charge in [0.05, 0.1) is 5.69 Å². The van der Waals surface area contributed by atoms with Gasteiger partial charge < -0.3 is 13.9 Å². The van der Waals surface area contributed by atoms with Gasteiger partial charge in [0, 0.05) is 18.4 Å². The molecule has 0 amide bonds. The standard InChI is InChI=1S/C18H18N4O3/c1-2-15-20-18(16-17(11-3-4-11)25-10-19-16)22(21-15)12-5-6-13-14(9-12)24-8-7-23-13/h5-6,9-11H,2-4,7-8H2,1H3. The van der Waals surface area contributed by atoms with Crippen LogP contribution in [0.4, 0.5) is 0 Å². The van der Waals surface area contributed by atoms with Crippen molar-refractivity contribution in [1.29, 1.82) is 0 Å². The maximum Gasteiger partial charge on any atom is 0.185 e. The van der Waals surface area contributed by atoms with Crippen molar-refractivity contribution in [1.82, 2.24) is 19.7 Å². The first-order valence-electron chi connectivity index (χ1n) is 8.63. The van der Waals surface area contributed by atoms with Crippen LogP contribution in [0.1, 0.15) is 37.3 Å². The third-order valence-electron chi connectivity index (χ3n) is 4.49. The minimum absolute atomic E-state index is 0.452. The number of aryl methyl sites for hydroxylation is 1. The molecule has 0 N–H and O–H groups in total. The molecule has 1 saturated carbocycles. The van der Waals surface area contributed by atoms with Crippen LogP contribution in [0.15, 0.2) is 29.0 Å². The predicted molar refractivity (Wildman–Crippen MR) is 89.2 cm³/mol. The van der Waals surface area contributed by atoms with E-state index >= 15 is 0 Å². The highest BCUT2D eigenvalue weighted by molar-refractivity contribution is 5.59. The van der Waals surface area contributed by atoms with Crippen molar-refractivity contribution in [2.75, 3.05) is 13.2 Å². The van der Waals surface area contributed by atoms with Crippen LogP contribution in [0, 0.1) is 0 Å². The monoisotopic (exact) mass is 338 g/mol. The third kappa shape index (κ3) is 2.47. The fourth-order valence-corrected chi connectivity index (χ4v) is 3.06. The molecule has 128 valence electrons. The summed E-state index contributed by atoms with van der Waals surface area (Å²) in [5, 5.41) is 4.65. The summed E-state index contributed by atoms with van der Waals surface area (Å²) >= 11 is 0. The van der Waals surface area contributed by atoms with Gasteiger partial charge in [0.2, 0.25) is 0 Å². The van der Waals surface area contributed by atoms with Gasteiger partial charge in [-0.05, 0) is 25.0 Å². The third-order valence-corrected chi connectivity index (χ3v) is 4.49. The van der Waals surface area contributed by atoms with E-state index in [-0.39, 0.29) is 0 Å². The molecule has 1 fully saturated rings. The lowest BCUT2D eigenvalue weighted by Gasteiger charge is -2.19. The van der Waals surface area contributed by atoms with E-state index in [4.69, 9.17) is 13.9 Å². The van der Waals surface area contributed by atoms with E-state index < -0.39 is 0 Å². The van der Waals surface area contributed by atoms with Crippen LogP contribution < -0.4 is 9.47 Å². The molecule has 0 atom stereocenters. The molecule has 1 aliphatic carbocycles. The van der Waals surface area contributed by atoms with E-state index in [9.17, 15) is 0 Å². The van der Waals surface area contributed by atoms with Crippen LogP contribution in [-0.2, 0) is 6.42 Å². The second-order valence-corrected chi connectivity index (χ2v) is 6.28. The van der Waals surface area contributed by atoms with Crippen molar-refractivity contribution in [2.24, 2.45) is 0 Å². The van der Waals surface area contributed by atoms with Crippen molar-refractivity contribution >= 4 is 0 Å². The molecule has 0 saturated heterocycles. The Kier molecular flexibility index (Phi) is 3.26. The average Bonchev–Trinajstić information content (AvgIpc) is 3.22. The van der Waals surface area contributed by atoms with Crippen LogP contribution in [0.3, 0.4) is 0 Å². The number of hydrogen-bond donors (Lipinski definition) is 0. The lowest BCUT2D eigenvalue weighted by molar-refractivity contribution is 0.171. The van der Waals surface area contributed by atoms with Crippen LogP contribution in [-0.4, -0.2) is 33.0 Å². The number of benzene rings is 1. The van der Waals surface area contributed by atoms with Crippen molar-refractivity contribution in [3.8, 4) is 28.7 Å². The van der Waals surface area contributed by atoms with Gasteiger partial charge in [0.15, 0.2) is 29.5 Å². The average molecular weight is 338 g/mol. The molecule has 1 aromatic carbocycles. The summed E-state index contributed by atoms with van der Waals surface area (Å²) in [5.41, 5.74) is 1.65. The summed E-state index contributed by atoms with van der Waals surface area (Å²) in [4.78, 5) is 9.11. The highest BCUT2D eigenvalue weighted by atomic mass is 16.6. The first-order chi connectivity index (χ1) is 12.3. The zero-order chi connectivity index (χ0) is 16.8. The zero-order valence-corrected chi connectivity index (χ0v) is 13.9. The topological polar surface area (TPSA) is 75.2 Å². The fourth-order valence-electron chi connectivity index (χ4n) is 3.06. The first kappa shape index (κ1) is 14.5. The van der Waals surface area contributed by atoms with Crippen LogP contribution in [0.25, 0.3) is 17.2 Å². The number of rotatable bonds is 4. The second kappa shape index (κ2) is 5.61. The molecule has 0 radical (unpaired) electrons. The number of ether oxygens (including phenoxy) is 2. The molecule has 2 aromatic heterocycles.